The Morgan fingerprint density at radius 2 is 2.11 bits per heavy atom. The topological polar surface area (TPSA) is 15.3 Å². The van der Waals surface area contributed by atoms with Crippen molar-refractivity contribution in [2.45, 2.75) is 71.5 Å². The molecule has 0 aromatic rings. The first-order chi connectivity index (χ1) is 8.62. The van der Waals surface area contributed by atoms with Crippen molar-refractivity contribution in [3.05, 3.63) is 0 Å². The molecule has 0 aromatic heterocycles. The van der Waals surface area contributed by atoms with Crippen LogP contribution in [0.3, 0.4) is 0 Å². The van der Waals surface area contributed by atoms with E-state index in [1.807, 2.05) is 0 Å². The molecular formula is C16H30N2. The summed E-state index contributed by atoms with van der Waals surface area (Å²) in [6.07, 6.45) is 10.0. The molecule has 0 aromatic carbocycles. The van der Waals surface area contributed by atoms with E-state index >= 15 is 0 Å². The van der Waals surface area contributed by atoms with E-state index in [0.29, 0.717) is 18.1 Å². The Bertz CT molecular complexity index is 267. The fraction of sp³-hybridized carbons (Fsp3) is 0.875. The van der Waals surface area contributed by atoms with Gasteiger partial charge in [-0.3, -0.25) is 4.90 Å². The molecule has 1 rings (SSSR count). The van der Waals surface area contributed by atoms with Crippen molar-refractivity contribution in [1.82, 2.24) is 10.2 Å². The molecule has 0 spiro atoms. The van der Waals surface area contributed by atoms with Crippen LogP contribution in [0.4, 0.5) is 0 Å². The first-order valence-electron chi connectivity index (χ1n) is 7.54. The van der Waals surface area contributed by atoms with E-state index in [0.717, 1.165) is 31.8 Å². The molecule has 3 atom stereocenters. The molecule has 0 bridgehead atoms. The van der Waals surface area contributed by atoms with Crippen LogP contribution in [0, 0.1) is 18.3 Å². The molecule has 0 saturated carbocycles. The Labute approximate surface area is 114 Å². The number of nitrogens with zero attached hydrogens (tertiary/aromatic N) is 1. The van der Waals surface area contributed by atoms with Gasteiger partial charge in [0.2, 0.25) is 0 Å². The summed E-state index contributed by atoms with van der Waals surface area (Å²) >= 11 is 0. The maximum atomic E-state index is 5.52. The van der Waals surface area contributed by atoms with Gasteiger partial charge in [-0.05, 0) is 25.2 Å². The summed E-state index contributed by atoms with van der Waals surface area (Å²) in [7, 11) is 0. The van der Waals surface area contributed by atoms with Crippen molar-refractivity contribution in [2.75, 3.05) is 13.1 Å². The summed E-state index contributed by atoms with van der Waals surface area (Å²) < 4.78 is 0. The highest BCUT2D eigenvalue weighted by Crippen LogP contribution is 2.20. The maximum absolute atomic E-state index is 5.52. The van der Waals surface area contributed by atoms with Gasteiger partial charge in [-0.25, -0.2) is 0 Å². The fourth-order valence-corrected chi connectivity index (χ4v) is 3.07. The van der Waals surface area contributed by atoms with Crippen molar-refractivity contribution in [3.8, 4) is 12.3 Å². The van der Waals surface area contributed by atoms with Crippen molar-refractivity contribution in [1.29, 1.82) is 0 Å². The highest BCUT2D eigenvalue weighted by molar-refractivity contribution is 4.95. The molecule has 0 aliphatic carbocycles. The van der Waals surface area contributed by atoms with Gasteiger partial charge in [0.25, 0.3) is 0 Å². The van der Waals surface area contributed by atoms with Crippen molar-refractivity contribution >= 4 is 0 Å². The monoisotopic (exact) mass is 250 g/mol. The lowest BCUT2D eigenvalue weighted by Gasteiger charge is -2.44. The summed E-state index contributed by atoms with van der Waals surface area (Å²) in [5.41, 5.74) is 0. The van der Waals surface area contributed by atoms with Crippen LogP contribution < -0.4 is 5.32 Å². The van der Waals surface area contributed by atoms with E-state index in [9.17, 15) is 0 Å². The fourth-order valence-electron chi connectivity index (χ4n) is 3.07. The van der Waals surface area contributed by atoms with E-state index in [1.54, 1.807) is 0 Å². The minimum atomic E-state index is 0.566. The van der Waals surface area contributed by atoms with Crippen LogP contribution in [0.25, 0.3) is 0 Å². The van der Waals surface area contributed by atoms with Gasteiger partial charge in [0.15, 0.2) is 0 Å². The van der Waals surface area contributed by atoms with E-state index in [1.165, 1.54) is 12.8 Å². The van der Waals surface area contributed by atoms with Crippen LogP contribution in [-0.2, 0) is 0 Å². The smallest absolute Gasteiger partial charge is 0.0242 e. The van der Waals surface area contributed by atoms with E-state index in [2.05, 4.69) is 43.8 Å². The third-order valence-electron chi connectivity index (χ3n) is 4.06. The van der Waals surface area contributed by atoms with Gasteiger partial charge in [0.1, 0.15) is 0 Å². The van der Waals surface area contributed by atoms with E-state index in [4.69, 9.17) is 6.42 Å². The zero-order chi connectivity index (χ0) is 13.5. The molecule has 3 unspecified atom stereocenters. The molecule has 0 amide bonds. The number of terminal acetylenes is 1. The van der Waals surface area contributed by atoms with Crippen molar-refractivity contribution < 1.29 is 0 Å². The summed E-state index contributed by atoms with van der Waals surface area (Å²) in [5.74, 6) is 3.61. The van der Waals surface area contributed by atoms with Crippen LogP contribution in [0.15, 0.2) is 0 Å². The number of rotatable bonds is 6. The molecule has 1 aliphatic heterocycles. The quantitative estimate of drug-likeness (QED) is 0.729. The van der Waals surface area contributed by atoms with Crippen LogP contribution in [0.5, 0.6) is 0 Å². The summed E-state index contributed by atoms with van der Waals surface area (Å²) in [6, 6.07) is 1.86. The predicted octanol–water partition coefficient (Wildman–Crippen LogP) is 2.89. The number of hydrogen-bond acceptors (Lipinski definition) is 2. The second-order valence-electron chi connectivity index (χ2n) is 5.96. The largest absolute Gasteiger partial charge is 0.311 e. The van der Waals surface area contributed by atoms with Crippen LogP contribution in [0.1, 0.15) is 53.4 Å². The lowest BCUT2D eigenvalue weighted by Crippen LogP contribution is -2.59. The molecule has 1 aliphatic rings. The maximum Gasteiger partial charge on any atom is 0.0242 e. The molecule has 1 fully saturated rings. The number of hydrogen-bond donors (Lipinski definition) is 1. The van der Waals surface area contributed by atoms with Gasteiger partial charge in [0, 0.05) is 37.6 Å². The molecular weight excluding hydrogens is 220 g/mol. The average molecular weight is 250 g/mol. The first-order valence-corrected chi connectivity index (χ1v) is 7.54. The highest BCUT2D eigenvalue weighted by atomic mass is 15.3. The molecule has 1 N–H and O–H groups in total. The number of piperazine rings is 1. The highest BCUT2D eigenvalue weighted by Gasteiger charge is 2.30. The molecule has 0 radical (unpaired) electrons. The van der Waals surface area contributed by atoms with Gasteiger partial charge < -0.3 is 5.32 Å². The molecule has 2 nitrogen and oxygen atoms in total. The second kappa shape index (κ2) is 7.81. The van der Waals surface area contributed by atoms with Crippen molar-refractivity contribution in [3.63, 3.8) is 0 Å². The summed E-state index contributed by atoms with van der Waals surface area (Å²) in [4.78, 5) is 2.67. The Morgan fingerprint density at radius 1 is 1.39 bits per heavy atom. The summed E-state index contributed by atoms with van der Waals surface area (Å²) in [5, 5.41) is 3.71. The SMILES string of the molecule is C#CCC(CC)N1CC(CC(C)C)NCC1CC. The lowest BCUT2D eigenvalue weighted by atomic mass is 9.96. The summed E-state index contributed by atoms with van der Waals surface area (Å²) in [6.45, 7) is 11.4. The average Bonchev–Trinajstić information content (AvgIpc) is 2.35. The first kappa shape index (κ1) is 15.5. The minimum absolute atomic E-state index is 0.566. The zero-order valence-electron chi connectivity index (χ0n) is 12.6. The van der Waals surface area contributed by atoms with E-state index < -0.39 is 0 Å². The van der Waals surface area contributed by atoms with Gasteiger partial charge in [-0.15, -0.1) is 12.3 Å². The zero-order valence-corrected chi connectivity index (χ0v) is 12.6. The molecule has 18 heavy (non-hydrogen) atoms. The number of nitrogens with one attached hydrogen (secondary N) is 1. The lowest BCUT2D eigenvalue weighted by molar-refractivity contribution is 0.0729. The standard InChI is InChI=1S/C16H30N2/c1-6-9-15(7-2)18-12-14(10-13(4)5)17-11-16(18)8-3/h1,13-17H,7-12H2,2-5H3. The van der Waals surface area contributed by atoms with Crippen LogP contribution in [0.2, 0.25) is 0 Å². The van der Waals surface area contributed by atoms with E-state index in [-0.39, 0.29) is 0 Å². The van der Waals surface area contributed by atoms with Gasteiger partial charge in [-0.1, -0.05) is 27.7 Å². The van der Waals surface area contributed by atoms with Crippen LogP contribution >= 0.6 is 0 Å². The molecule has 2 heteroatoms. The Balaban J connectivity index is 2.66. The normalized spacial score (nSPS) is 27.1. The van der Waals surface area contributed by atoms with Gasteiger partial charge >= 0.3 is 0 Å². The third kappa shape index (κ3) is 4.30. The molecule has 104 valence electrons. The Kier molecular flexibility index (Phi) is 6.75. The van der Waals surface area contributed by atoms with Crippen LogP contribution in [-0.4, -0.2) is 36.1 Å². The van der Waals surface area contributed by atoms with Gasteiger partial charge in [0.05, 0.1) is 0 Å². The molecule has 1 saturated heterocycles. The Morgan fingerprint density at radius 3 is 2.61 bits per heavy atom. The Hall–Kier alpha value is -0.520. The minimum Gasteiger partial charge on any atom is -0.311 e. The molecule has 1 heterocycles. The third-order valence-corrected chi connectivity index (χ3v) is 4.06. The van der Waals surface area contributed by atoms with Gasteiger partial charge in [-0.2, -0.15) is 0 Å². The second-order valence-corrected chi connectivity index (χ2v) is 5.96. The predicted molar refractivity (Wildman–Crippen MR) is 79.6 cm³/mol. The van der Waals surface area contributed by atoms with Crippen molar-refractivity contribution in [2.24, 2.45) is 5.92 Å².